The summed E-state index contributed by atoms with van der Waals surface area (Å²) in [6.45, 7) is 0.244. The average Bonchev–Trinajstić information content (AvgIpc) is 2.29. The van der Waals surface area contributed by atoms with Gasteiger partial charge in [0.15, 0.2) is 4.90 Å². The van der Waals surface area contributed by atoms with Crippen molar-refractivity contribution in [2.45, 2.75) is 4.90 Å². The van der Waals surface area contributed by atoms with Gasteiger partial charge in [-0.25, -0.2) is 8.42 Å². The topological polar surface area (TPSA) is 80.5 Å². The van der Waals surface area contributed by atoms with Crippen LogP contribution in [-0.2, 0) is 10.0 Å². The molecule has 8 heteroatoms. The van der Waals surface area contributed by atoms with Gasteiger partial charge in [-0.3, -0.25) is 10.1 Å². The molecule has 0 N–H and O–H groups in total. The number of nitrogens with zero attached hydrogens (tertiary/aromatic N) is 2. The van der Waals surface area contributed by atoms with Gasteiger partial charge < -0.3 is 0 Å². The Kier molecular flexibility index (Phi) is 4.61. The second-order valence-corrected chi connectivity index (χ2v) is 6.05. The van der Waals surface area contributed by atoms with E-state index in [-0.39, 0.29) is 11.4 Å². The molecule has 0 aliphatic rings. The lowest BCUT2D eigenvalue weighted by Gasteiger charge is -2.15. The van der Waals surface area contributed by atoms with Crippen LogP contribution < -0.4 is 0 Å². The molecule has 0 aliphatic heterocycles. The number of sulfonamides is 1. The number of para-hydroxylation sites is 1. The number of rotatable bonds is 5. The Hall–Kier alpha value is -0.990. The van der Waals surface area contributed by atoms with E-state index in [0.29, 0.717) is 5.33 Å². The highest BCUT2D eigenvalue weighted by Crippen LogP contribution is 2.25. The van der Waals surface area contributed by atoms with Gasteiger partial charge >= 0.3 is 0 Å². The second-order valence-electron chi connectivity index (χ2n) is 3.24. The summed E-state index contributed by atoms with van der Waals surface area (Å²) < 4.78 is 25.2. The van der Waals surface area contributed by atoms with Crippen LogP contribution in [0.5, 0.6) is 0 Å². The van der Waals surface area contributed by atoms with E-state index in [2.05, 4.69) is 15.9 Å². The first-order chi connectivity index (χ1) is 7.91. The molecule has 6 nitrogen and oxygen atoms in total. The minimum absolute atomic E-state index is 0.244. The summed E-state index contributed by atoms with van der Waals surface area (Å²) in [5.41, 5.74) is -0.408. The fraction of sp³-hybridized carbons (Fsp3) is 0.333. The maximum Gasteiger partial charge on any atom is 0.289 e. The monoisotopic (exact) mass is 322 g/mol. The Labute approximate surface area is 108 Å². The Morgan fingerprint density at radius 3 is 2.53 bits per heavy atom. The zero-order valence-electron chi connectivity index (χ0n) is 9.04. The minimum atomic E-state index is -3.82. The Bertz CT molecular complexity index is 517. The van der Waals surface area contributed by atoms with E-state index in [9.17, 15) is 18.5 Å². The Balaban J connectivity index is 3.29. The van der Waals surface area contributed by atoms with Gasteiger partial charge in [0.1, 0.15) is 0 Å². The normalized spacial score (nSPS) is 11.7. The predicted molar refractivity (Wildman–Crippen MR) is 66.7 cm³/mol. The van der Waals surface area contributed by atoms with Gasteiger partial charge in [-0.1, -0.05) is 28.1 Å². The summed E-state index contributed by atoms with van der Waals surface area (Å²) in [5.74, 6) is 0. The minimum Gasteiger partial charge on any atom is -0.258 e. The van der Waals surface area contributed by atoms with E-state index < -0.39 is 20.6 Å². The molecule has 0 saturated carbocycles. The molecule has 0 unspecified atom stereocenters. The average molecular weight is 323 g/mol. The first-order valence-electron chi connectivity index (χ1n) is 4.67. The van der Waals surface area contributed by atoms with Crippen LogP contribution in [0.2, 0.25) is 0 Å². The number of alkyl halides is 1. The smallest absolute Gasteiger partial charge is 0.258 e. The molecule has 0 saturated heterocycles. The van der Waals surface area contributed by atoms with Crippen LogP contribution in [0.3, 0.4) is 0 Å². The molecular weight excluding hydrogens is 312 g/mol. The van der Waals surface area contributed by atoms with E-state index in [4.69, 9.17) is 0 Å². The van der Waals surface area contributed by atoms with Crippen molar-refractivity contribution in [3.05, 3.63) is 34.4 Å². The summed E-state index contributed by atoms with van der Waals surface area (Å²) in [6, 6.07) is 5.30. The number of nitro benzene ring substituents is 1. The van der Waals surface area contributed by atoms with Crippen molar-refractivity contribution < 1.29 is 13.3 Å². The van der Waals surface area contributed by atoms with Crippen molar-refractivity contribution in [3.8, 4) is 0 Å². The first kappa shape index (κ1) is 14.1. The molecule has 0 aliphatic carbocycles. The molecule has 0 aromatic heterocycles. The zero-order chi connectivity index (χ0) is 13.1. The third-order valence-electron chi connectivity index (χ3n) is 2.15. The largest absolute Gasteiger partial charge is 0.289 e. The molecule has 1 rings (SSSR count). The number of nitro groups is 1. The van der Waals surface area contributed by atoms with Crippen LogP contribution in [0.1, 0.15) is 0 Å². The van der Waals surface area contributed by atoms with Crippen molar-refractivity contribution in [1.29, 1.82) is 0 Å². The SMILES string of the molecule is CN(CCBr)S(=O)(=O)c1ccccc1[N+](=O)[O-]. The standard InChI is InChI=1S/C9H11BrN2O4S/c1-11(7-6-10)17(15,16)9-5-3-2-4-8(9)12(13)14/h2-5H,6-7H2,1H3. The van der Waals surface area contributed by atoms with Crippen molar-refractivity contribution in [1.82, 2.24) is 4.31 Å². The van der Waals surface area contributed by atoms with Crippen LogP contribution >= 0.6 is 15.9 Å². The van der Waals surface area contributed by atoms with Gasteiger partial charge in [-0.15, -0.1) is 0 Å². The molecule has 94 valence electrons. The summed E-state index contributed by atoms with van der Waals surface area (Å²) in [7, 11) is -2.43. The van der Waals surface area contributed by atoms with Crippen LogP contribution in [-0.4, -0.2) is 36.6 Å². The van der Waals surface area contributed by atoms with Crippen molar-refractivity contribution in [2.75, 3.05) is 18.9 Å². The lowest BCUT2D eigenvalue weighted by Crippen LogP contribution is -2.29. The summed E-state index contributed by atoms with van der Waals surface area (Å²) in [6.07, 6.45) is 0. The van der Waals surface area contributed by atoms with Gasteiger partial charge in [0.25, 0.3) is 5.69 Å². The molecule has 0 radical (unpaired) electrons. The quantitative estimate of drug-likeness (QED) is 0.468. The van der Waals surface area contributed by atoms with Crippen LogP contribution in [0.25, 0.3) is 0 Å². The van der Waals surface area contributed by atoms with E-state index in [0.717, 1.165) is 4.31 Å². The first-order valence-corrected chi connectivity index (χ1v) is 7.23. The summed E-state index contributed by atoms with van der Waals surface area (Å²) in [5, 5.41) is 11.2. The predicted octanol–water partition coefficient (Wildman–Crippen LogP) is 1.61. The number of benzene rings is 1. The molecule has 17 heavy (non-hydrogen) atoms. The van der Waals surface area contributed by atoms with E-state index in [1.807, 2.05) is 0 Å². The van der Waals surface area contributed by atoms with Gasteiger partial charge in [0.05, 0.1) is 4.92 Å². The van der Waals surface area contributed by atoms with Gasteiger partial charge in [0.2, 0.25) is 10.0 Å². The molecule has 0 atom stereocenters. The molecule has 0 spiro atoms. The fourth-order valence-electron chi connectivity index (χ4n) is 1.23. The molecule has 1 aromatic carbocycles. The zero-order valence-corrected chi connectivity index (χ0v) is 11.4. The highest BCUT2D eigenvalue weighted by Gasteiger charge is 2.28. The van der Waals surface area contributed by atoms with E-state index >= 15 is 0 Å². The van der Waals surface area contributed by atoms with Gasteiger partial charge in [0, 0.05) is 25.0 Å². The third kappa shape index (κ3) is 3.02. The van der Waals surface area contributed by atoms with Crippen molar-refractivity contribution in [2.24, 2.45) is 0 Å². The van der Waals surface area contributed by atoms with Crippen LogP contribution in [0.4, 0.5) is 5.69 Å². The van der Waals surface area contributed by atoms with Crippen LogP contribution in [0, 0.1) is 10.1 Å². The molecule has 0 bridgehead atoms. The second kappa shape index (κ2) is 5.56. The molecule has 0 heterocycles. The highest BCUT2D eigenvalue weighted by atomic mass is 79.9. The van der Waals surface area contributed by atoms with Crippen LogP contribution in [0.15, 0.2) is 29.2 Å². The summed E-state index contributed by atoms with van der Waals surface area (Å²) in [4.78, 5) is 9.78. The molecular formula is C9H11BrN2O4S. The van der Waals surface area contributed by atoms with E-state index in [1.165, 1.54) is 31.3 Å². The summed E-state index contributed by atoms with van der Waals surface area (Å²) >= 11 is 3.12. The Morgan fingerprint density at radius 2 is 2.00 bits per heavy atom. The van der Waals surface area contributed by atoms with Crippen molar-refractivity contribution in [3.63, 3.8) is 0 Å². The van der Waals surface area contributed by atoms with E-state index in [1.54, 1.807) is 0 Å². The highest BCUT2D eigenvalue weighted by molar-refractivity contribution is 9.09. The van der Waals surface area contributed by atoms with Crippen molar-refractivity contribution >= 4 is 31.6 Å². The number of hydrogen-bond acceptors (Lipinski definition) is 4. The lowest BCUT2D eigenvalue weighted by atomic mass is 10.3. The lowest BCUT2D eigenvalue weighted by molar-refractivity contribution is -0.387. The maximum atomic E-state index is 12.0. The van der Waals surface area contributed by atoms with Gasteiger partial charge in [-0.2, -0.15) is 4.31 Å². The molecule has 0 fully saturated rings. The maximum absolute atomic E-state index is 12.0. The third-order valence-corrected chi connectivity index (χ3v) is 4.41. The molecule has 1 aromatic rings. The Morgan fingerprint density at radius 1 is 1.41 bits per heavy atom. The number of halogens is 1. The molecule has 0 amide bonds. The van der Waals surface area contributed by atoms with Gasteiger partial charge in [-0.05, 0) is 6.07 Å². The number of hydrogen-bond donors (Lipinski definition) is 0. The fourth-order valence-corrected chi connectivity index (χ4v) is 3.32.